The standard InChI is InChI=1S/C21H27N5OS/c1-3-22-20(24-16-21(2,27)19-10-6-13-28-19)23-14-17-8-4-5-9-18(17)15-26-12-7-11-25-26/h4-13,27H,3,14-16H2,1-2H3,(H2,22,23,24). The van der Waals surface area contributed by atoms with Crippen LogP contribution in [-0.4, -0.2) is 33.9 Å². The predicted octanol–water partition coefficient (Wildman–Crippen LogP) is 2.96. The van der Waals surface area contributed by atoms with Gasteiger partial charge >= 0.3 is 0 Å². The molecular formula is C21H27N5OS. The average Bonchev–Trinajstić information content (AvgIpc) is 3.39. The fourth-order valence-corrected chi connectivity index (χ4v) is 3.66. The number of nitrogens with one attached hydrogen (secondary N) is 2. The zero-order valence-corrected chi connectivity index (χ0v) is 17.1. The summed E-state index contributed by atoms with van der Waals surface area (Å²) in [6, 6.07) is 14.1. The van der Waals surface area contributed by atoms with Gasteiger partial charge in [0.2, 0.25) is 0 Å². The van der Waals surface area contributed by atoms with Crippen molar-refractivity contribution in [2.24, 2.45) is 4.99 Å². The highest BCUT2D eigenvalue weighted by Gasteiger charge is 2.24. The summed E-state index contributed by atoms with van der Waals surface area (Å²) >= 11 is 1.55. The summed E-state index contributed by atoms with van der Waals surface area (Å²) in [6.45, 7) is 6.24. The Morgan fingerprint density at radius 2 is 2.00 bits per heavy atom. The largest absolute Gasteiger partial charge is 0.383 e. The molecule has 3 rings (SSSR count). The Kier molecular flexibility index (Phi) is 6.84. The quantitative estimate of drug-likeness (QED) is 0.404. The normalized spacial score (nSPS) is 13.9. The van der Waals surface area contributed by atoms with Gasteiger partial charge in [-0.3, -0.25) is 4.68 Å². The maximum absolute atomic E-state index is 10.7. The third kappa shape index (κ3) is 5.43. The van der Waals surface area contributed by atoms with Crippen molar-refractivity contribution >= 4 is 17.3 Å². The summed E-state index contributed by atoms with van der Waals surface area (Å²) in [6.07, 6.45) is 3.74. The van der Waals surface area contributed by atoms with Crippen molar-refractivity contribution in [3.8, 4) is 0 Å². The van der Waals surface area contributed by atoms with Crippen LogP contribution < -0.4 is 10.6 Å². The van der Waals surface area contributed by atoms with Crippen LogP contribution in [0.2, 0.25) is 0 Å². The van der Waals surface area contributed by atoms with Crippen LogP contribution in [0.25, 0.3) is 0 Å². The summed E-state index contributed by atoms with van der Waals surface area (Å²) in [5, 5.41) is 23.5. The van der Waals surface area contributed by atoms with E-state index in [1.165, 1.54) is 5.56 Å². The summed E-state index contributed by atoms with van der Waals surface area (Å²) in [4.78, 5) is 5.65. The average molecular weight is 398 g/mol. The van der Waals surface area contributed by atoms with E-state index in [4.69, 9.17) is 4.99 Å². The molecule has 28 heavy (non-hydrogen) atoms. The number of aromatic nitrogens is 2. The molecule has 0 bridgehead atoms. The highest BCUT2D eigenvalue weighted by Crippen LogP contribution is 2.24. The summed E-state index contributed by atoms with van der Waals surface area (Å²) in [5.74, 6) is 0.688. The number of hydrogen-bond donors (Lipinski definition) is 3. The minimum atomic E-state index is -0.942. The van der Waals surface area contributed by atoms with Crippen molar-refractivity contribution < 1.29 is 5.11 Å². The molecule has 0 saturated heterocycles. The van der Waals surface area contributed by atoms with Gasteiger partial charge in [0.1, 0.15) is 5.60 Å². The maximum atomic E-state index is 10.7. The van der Waals surface area contributed by atoms with Gasteiger partial charge in [-0.05, 0) is 42.5 Å². The number of guanidine groups is 1. The summed E-state index contributed by atoms with van der Waals surface area (Å²) < 4.78 is 1.91. The first-order chi connectivity index (χ1) is 13.6. The Hall–Kier alpha value is -2.64. The summed E-state index contributed by atoms with van der Waals surface area (Å²) in [7, 11) is 0. The van der Waals surface area contributed by atoms with E-state index in [-0.39, 0.29) is 0 Å². The molecule has 0 aliphatic carbocycles. The lowest BCUT2D eigenvalue weighted by atomic mass is 10.1. The van der Waals surface area contributed by atoms with Gasteiger partial charge in [-0.1, -0.05) is 30.3 Å². The van der Waals surface area contributed by atoms with Crippen LogP contribution in [0.4, 0.5) is 0 Å². The molecule has 1 aromatic carbocycles. The molecule has 1 atom stereocenters. The number of aliphatic imine (C=N–C) groups is 1. The Bertz CT molecular complexity index is 872. The van der Waals surface area contributed by atoms with E-state index in [2.05, 4.69) is 27.9 Å². The molecule has 6 nitrogen and oxygen atoms in total. The van der Waals surface area contributed by atoms with Crippen LogP contribution in [0.3, 0.4) is 0 Å². The number of benzene rings is 1. The van der Waals surface area contributed by atoms with Gasteiger partial charge in [-0.15, -0.1) is 11.3 Å². The van der Waals surface area contributed by atoms with E-state index in [0.717, 1.165) is 23.5 Å². The van der Waals surface area contributed by atoms with Crippen molar-refractivity contribution in [2.75, 3.05) is 13.1 Å². The Morgan fingerprint density at radius 1 is 1.18 bits per heavy atom. The zero-order valence-electron chi connectivity index (χ0n) is 16.3. The van der Waals surface area contributed by atoms with Crippen LogP contribution >= 0.6 is 11.3 Å². The molecule has 3 N–H and O–H groups in total. The van der Waals surface area contributed by atoms with Crippen molar-refractivity contribution in [3.05, 3.63) is 76.2 Å². The number of hydrogen-bond acceptors (Lipinski definition) is 4. The van der Waals surface area contributed by atoms with Crippen molar-refractivity contribution in [1.82, 2.24) is 20.4 Å². The van der Waals surface area contributed by atoms with Crippen LogP contribution in [0, 0.1) is 0 Å². The second kappa shape index (κ2) is 9.52. The molecule has 148 valence electrons. The fraction of sp³-hybridized carbons (Fsp3) is 0.333. The molecule has 0 amide bonds. The molecule has 0 fully saturated rings. The molecule has 2 heterocycles. The topological polar surface area (TPSA) is 74.5 Å². The molecule has 1 unspecified atom stereocenters. The van der Waals surface area contributed by atoms with Gasteiger partial charge in [0.25, 0.3) is 0 Å². The molecular weight excluding hydrogens is 370 g/mol. The number of rotatable bonds is 8. The van der Waals surface area contributed by atoms with Crippen molar-refractivity contribution in [2.45, 2.75) is 32.5 Å². The Labute approximate surface area is 170 Å². The van der Waals surface area contributed by atoms with Gasteiger partial charge in [0.15, 0.2) is 5.96 Å². The first-order valence-electron chi connectivity index (χ1n) is 9.41. The van der Waals surface area contributed by atoms with Gasteiger partial charge < -0.3 is 15.7 Å². The third-order valence-corrected chi connectivity index (χ3v) is 5.54. The molecule has 0 spiro atoms. The molecule has 0 aliphatic rings. The molecule has 0 saturated carbocycles. The van der Waals surface area contributed by atoms with Crippen molar-refractivity contribution in [3.63, 3.8) is 0 Å². The van der Waals surface area contributed by atoms with E-state index >= 15 is 0 Å². The monoisotopic (exact) mass is 397 g/mol. The minimum absolute atomic E-state index is 0.383. The molecule has 7 heteroatoms. The van der Waals surface area contributed by atoms with E-state index < -0.39 is 5.60 Å². The SMILES string of the molecule is CCNC(=NCc1ccccc1Cn1cccn1)NCC(C)(O)c1cccs1. The molecule has 0 radical (unpaired) electrons. The van der Waals surface area contributed by atoms with Crippen molar-refractivity contribution in [1.29, 1.82) is 0 Å². The van der Waals surface area contributed by atoms with Gasteiger partial charge in [0, 0.05) is 23.8 Å². The number of nitrogens with zero attached hydrogens (tertiary/aromatic N) is 3. The zero-order chi connectivity index (χ0) is 19.8. The number of thiophene rings is 1. The second-order valence-electron chi connectivity index (χ2n) is 6.77. The Balaban J connectivity index is 1.68. The molecule has 3 aromatic rings. The first kappa shape index (κ1) is 20.1. The van der Waals surface area contributed by atoms with Gasteiger partial charge in [0.05, 0.1) is 19.6 Å². The lowest BCUT2D eigenvalue weighted by Crippen LogP contribution is -2.44. The lowest BCUT2D eigenvalue weighted by Gasteiger charge is -2.23. The van der Waals surface area contributed by atoms with E-state index in [9.17, 15) is 5.11 Å². The third-order valence-electron chi connectivity index (χ3n) is 4.41. The first-order valence-corrected chi connectivity index (χ1v) is 10.3. The lowest BCUT2D eigenvalue weighted by molar-refractivity contribution is 0.0655. The van der Waals surface area contributed by atoms with E-state index in [1.807, 2.05) is 60.4 Å². The van der Waals surface area contributed by atoms with Crippen LogP contribution in [-0.2, 0) is 18.7 Å². The van der Waals surface area contributed by atoms with E-state index in [1.54, 1.807) is 17.5 Å². The fourth-order valence-electron chi connectivity index (χ4n) is 2.87. The van der Waals surface area contributed by atoms with Gasteiger partial charge in [-0.2, -0.15) is 5.10 Å². The Morgan fingerprint density at radius 3 is 2.68 bits per heavy atom. The highest BCUT2D eigenvalue weighted by molar-refractivity contribution is 7.10. The van der Waals surface area contributed by atoms with Crippen LogP contribution in [0.5, 0.6) is 0 Å². The second-order valence-corrected chi connectivity index (χ2v) is 7.72. The summed E-state index contributed by atoms with van der Waals surface area (Å²) in [5.41, 5.74) is 1.40. The van der Waals surface area contributed by atoms with E-state index in [0.29, 0.717) is 19.0 Å². The molecule has 0 aliphatic heterocycles. The smallest absolute Gasteiger partial charge is 0.191 e. The highest BCUT2D eigenvalue weighted by atomic mass is 32.1. The minimum Gasteiger partial charge on any atom is -0.383 e. The van der Waals surface area contributed by atoms with Crippen LogP contribution in [0.15, 0.2) is 65.2 Å². The predicted molar refractivity (Wildman–Crippen MR) is 114 cm³/mol. The molecule has 2 aromatic heterocycles. The maximum Gasteiger partial charge on any atom is 0.191 e. The number of aliphatic hydroxyl groups is 1. The van der Waals surface area contributed by atoms with Gasteiger partial charge in [-0.25, -0.2) is 4.99 Å². The van der Waals surface area contributed by atoms with Crippen LogP contribution in [0.1, 0.15) is 29.9 Å².